The molecular formula is C8H8BrNO2S. The van der Waals surface area contributed by atoms with Crippen LogP contribution in [0.15, 0.2) is 22.7 Å². The zero-order chi connectivity index (χ0) is 9.84. The monoisotopic (exact) mass is 261 g/mol. The van der Waals surface area contributed by atoms with Gasteiger partial charge in [0.15, 0.2) is 0 Å². The van der Waals surface area contributed by atoms with Gasteiger partial charge in [-0.25, -0.2) is 0 Å². The first kappa shape index (κ1) is 10.5. The van der Waals surface area contributed by atoms with Crippen molar-refractivity contribution in [2.24, 2.45) is 0 Å². The standard InChI is InChI=1S/C8H8BrNO2S/c1-13-5-6-4-7(10(11)12)2-3-8(6)9/h2-4H,5H2,1H3. The van der Waals surface area contributed by atoms with Gasteiger partial charge in [-0.2, -0.15) is 11.8 Å². The predicted molar refractivity (Wildman–Crippen MR) is 58.0 cm³/mol. The lowest BCUT2D eigenvalue weighted by molar-refractivity contribution is -0.384. The quantitative estimate of drug-likeness (QED) is 0.620. The summed E-state index contributed by atoms with van der Waals surface area (Å²) in [6, 6.07) is 4.80. The van der Waals surface area contributed by atoms with Crippen LogP contribution in [-0.4, -0.2) is 11.2 Å². The molecule has 0 aromatic heterocycles. The van der Waals surface area contributed by atoms with Gasteiger partial charge in [0.25, 0.3) is 5.69 Å². The molecule has 0 atom stereocenters. The second kappa shape index (κ2) is 4.62. The van der Waals surface area contributed by atoms with Crippen LogP contribution in [0.5, 0.6) is 0 Å². The maximum atomic E-state index is 10.5. The van der Waals surface area contributed by atoms with Crippen molar-refractivity contribution in [3.05, 3.63) is 38.3 Å². The van der Waals surface area contributed by atoms with Crippen LogP contribution in [0, 0.1) is 10.1 Å². The topological polar surface area (TPSA) is 43.1 Å². The fourth-order valence-electron chi connectivity index (χ4n) is 0.941. The van der Waals surface area contributed by atoms with Crippen molar-refractivity contribution < 1.29 is 4.92 Å². The second-order valence-corrected chi connectivity index (χ2v) is 4.19. The van der Waals surface area contributed by atoms with Crippen molar-refractivity contribution in [2.75, 3.05) is 6.26 Å². The Morgan fingerprint density at radius 3 is 2.85 bits per heavy atom. The summed E-state index contributed by atoms with van der Waals surface area (Å²) in [6.07, 6.45) is 1.96. The van der Waals surface area contributed by atoms with Crippen LogP contribution in [0.4, 0.5) is 5.69 Å². The molecule has 3 nitrogen and oxygen atoms in total. The summed E-state index contributed by atoms with van der Waals surface area (Å²) in [4.78, 5) is 10.1. The number of benzene rings is 1. The van der Waals surface area contributed by atoms with Crippen molar-refractivity contribution in [1.82, 2.24) is 0 Å². The predicted octanol–water partition coefficient (Wildman–Crippen LogP) is 3.22. The Hall–Kier alpha value is -0.550. The second-order valence-electron chi connectivity index (χ2n) is 2.47. The van der Waals surface area contributed by atoms with E-state index in [-0.39, 0.29) is 10.6 Å². The molecule has 0 bridgehead atoms. The molecule has 1 rings (SSSR count). The van der Waals surface area contributed by atoms with Crippen molar-refractivity contribution in [2.45, 2.75) is 5.75 Å². The number of hydrogen-bond acceptors (Lipinski definition) is 3. The number of hydrogen-bond donors (Lipinski definition) is 0. The third-order valence-corrected chi connectivity index (χ3v) is 2.91. The molecule has 0 spiro atoms. The van der Waals surface area contributed by atoms with Crippen LogP contribution >= 0.6 is 27.7 Å². The minimum Gasteiger partial charge on any atom is -0.258 e. The summed E-state index contributed by atoms with van der Waals surface area (Å²) < 4.78 is 0.924. The third kappa shape index (κ3) is 2.70. The highest BCUT2D eigenvalue weighted by molar-refractivity contribution is 9.10. The normalized spacial score (nSPS) is 10.0. The number of halogens is 1. The lowest BCUT2D eigenvalue weighted by Crippen LogP contribution is -1.90. The molecule has 0 aliphatic heterocycles. The van der Waals surface area contributed by atoms with Gasteiger partial charge >= 0.3 is 0 Å². The zero-order valence-electron chi connectivity index (χ0n) is 6.99. The molecule has 0 fully saturated rings. The molecule has 0 saturated carbocycles. The van der Waals surface area contributed by atoms with Crippen molar-refractivity contribution in [3.63, 3.8) is 0 Å². The van der Waals surface area contributed by atoms with Crippen LogP contribution in [0.25, 0.3) is 0 Å². The van der Waals surface area contributed by atoms with E-state index in [0.29, 0.717) is 0 Å². The lowest BCUT2D eigenvalue weighted by Gasteiger charge is -2.01. The fourth-order valence-corrected chi connectivity index (χ4v) is 2.06. The number of nitrogens with zero attached hydrogens (tertiary/aromatic N) is 1. The van der Waals surface area contributed by atoms with Gasteiger partial charge in [0.1, 0.15) is 0 Å². The first-order chi connectivity index (χ1) is 6.15. The van der Waals surface area contributed by atoms with Gasteiger partial charge in [-0.1, -0.05) is 15.9 Å². The molecule has 70 valence electrons. The Bertz CT molecular complexity index is 330. The van der Waals surface area contributed by atoms with E-state index >= 15 is 0 Å². The highest BCUT2D eigenvalue weighted by Gasteiger charge is 2.08. The average Bonchev–Trinajstić information content (AvgIpc) is 2.08. The molecule has 0 amide bonds. The maximum Gasteiger partial charge on any atom is 0.269 e. The van der Waals surface area contributed by atoms with Gasteiger partial charge in [0.05, 0.1) is 4.92 Å². The first-order valence-electron chi connectivity index (χ1n) is 3.57. The molecule has 0 heterocycles. The fraction of sp³-hybridized carbons (Fsp3) is 0.250. The van der Waals surface area contributed by atoms with E-state index < -0.39 is 0 Å². The van der Waals surface area contributed by atoms with Gasteiger partial charge in [-0.15, -0.1) is 0 Å². The van der Waals surface area contributed by atoms with E-state index in [4.69, 9.17) is 0 Å². The number of thioether (sulfide) groups is 1. The largest absolute Gasteiger partial charge is 0.269 e. The number of non-ortho nitro benzene ring substituents is 1. The molecule has 0 radical (unpaired) electrons. The minimum absolute atomic E-state index is 0.146. The lowest BCUT2D eigenvalue weighted by atomic mass is 10.2. The van der Waals surface area contributed by atoms with Crippen LogP contribution in [0.2, 0.25) is 0 Å². The van der Waals surface area contributed by atoms with Crippen molar-refractivity contribution in [1.29, 1.82) is 0 Å². The minimum atomic E-state index is -0.379. The van der Waals surface area contributed by atoms with Crippen LogP contribution in [0.3, 0.4) is 0 Å². The van der Waals surface area contributed by atoms with E-state index in [1.807, 2.05) is 6.26 Å². The summed E-state index contributed by atoms with van der Waals surface area (Å²) in [7, 11) is 0. The van der Waals surface area contributed by atoms with Gasteiger partial charge < -0.3 is 0 Å². The van der Waals surface area contributed by atoms with Gasteiger partial charge in [0, 0.05) is 22.4 Å². The van der Waals surface area contributed by atoms with Crippen molar-refractivity contribution in [3.8, 4) is 0 Å². The molecule has 13 heavy (non-hydrogen) atoms. The Labute approximate surface area is 88.8 Å². The van der Waals surface area contributed by atoms with E-state index in [0.717, 1.165) is 15.8 Å². The summed E-state index contributed by atoms with van der Waals surface area (Å²) in [5.74, 6) is 0.780. The number of rotatable bonds is 3. The Balaban J connectivity index is 3.03. The van der Waals surface area contributed by atoms with E-state index in [2.05, 4.69) is 15.9 Å². The molecule has 5 heteroatoms. The highest BCUT2D eigenvalue weighted by atomic mass is 79.9. The molecule has 1 aromatic rings. The molecule has 0 N–H and O–H groups in total. The number of nitro benzene ring substituents is 1. The third-order valence-electron chi connectivity index (χ3n) is 1.54. The molecule has 1 aromatic carbocycles. The average molecular weight is 262 g/mol. The van der Waals surface area contributed by atoms with Crippen molar-refractivity contribution >= 4 is 33.4 Å². The summed E-state index contributed by atoms with van der Waals surface area (Å²) in [6.45, 7) is 0. The van der Waals surface area contributed by atoms with E-state index in [1.54, 1.807) is 23.9 Å². The van der Waals surface area contributed by atoms with E-state index in [9.17, 15) is 10.1 Å². The SMILES string of the molecule is CSCc1cc([N+](=O)[O-])ccc1Br. The van der Waals surface area contributed by atoms with Crippen LogP contribution < -0.4 is 0 Å². The Kier molecular flexibility index (Phi) is 3.74. The molecule has 0 saturated heterocycles. The summed E-state index contributed by atoms with van der Waals surface area (Å²) >= 11 is 4.98. The smallest absolute Gasteiger partial charge is 0.258 e. The molecule has 0 unspecified atom stereocenters. The Morgan fingerprint density at radius 2 is 2.31 bits per heavy atom. The van der Waals surface area contributed by atoms with Crippen LogP contribution in [0.1, 0.15) is 5.56 Å². The highest BCUT2D eigenvalue weighted by Crippen LogP contribution is 2.25. The van der Waals surface area contributed by atoms with Gasteiger partial charge in [-0.3, -0.25) is 10.1 Å². The summed E-state index contributed by atoms with van der Waals surface area (Å²) in [5.41, 5.74) is 1.11. The van der Waals surface area contributed by atoms with E-state index in [1.165, 1.54) is 6.07 Å². The maximum absolute atomic E-state index is 10.5. The molecular weight excluding hydrogens is 254 g/mol. The first-order valence-corrected chi connectivity index (χ1v) is 5.75. The van der Waals surface area contributed by atoms with Gasteiger partial charge in [-0.05, 0) is 17.9 Å². The zero-order valence-corrected chi connectivity index (χ0v) is 9.39. The summed E-state index contributed by atoms with van der Waals surface area (Å²) in [5, 5.41) is 10.5. The van der Waals surface area contributed by atoms with Gasteiger partial charge in [0.2, 0.25) is 0 Å². The molecule has 0 aliphatic rings. The van der Waals surface area contributed by atoms with Crippen LogP contribution in [-0.2, 0) is 5.75 Å². The number of nitro groups is 1. The molecule has 0 aliphatic carbocycles. The Morgan fingerprint density at radius 1 is 1.62 bits per heavy atom.